The number of anilines is 1. The Labute approximate surface area is 163 Å². The molecule has 0 aromatic heterocycles. The summed E-state index contributed by atoms with van der Waals surface area (Å²) < 4.78 is 4.97. The number of nitrogens with zero attached hydrogens (tertiary/aromatic N) is 2. The largest absolute Gasteiger partial charge is 0.454 e. The maximum Gasteiger partial charge on any atom is 0.325 e. The topological polar surface area (TPSA) is 99.5 Å². The molecule has 0 fully saturated rings. The van der Waals surface area contributed by atoms with Gasteiger partial charge in [0.1, 0.15) is 6.54 Å². The van der Waals surface area contributed by atoms with Gasteiger partial charge in [0.2, 0.25) is 0 Å². The van der Waals surface area contributed by atoms with Gasteiger partial charge in [0.05, 0.1) is 12.5 Å². The molecule has 7 heteroatoms. The first kappa shape index (κ1) is 20.6. The van der Waals surface area contributed by atoms with Crippen molar-refractivity contribution in [1.82, 2.24) is 5.32 Å². The van der Waals surface area contributed by atoms with Crippen LogP contribution in [0.15, 0.2) is 54.6 Å². The molecule has 0 saturated heterocycles. The number of nitriles is 1. The van der Waals surface area contributed by atoms with Crippen molar-refractivity contribution in [2.24, 2.45) is 0 Å². The third-order valence-electron chi connectivity index (χ3n) is 3.88. The van der Waals surface area contributed by atoms with Crippen LogP contribution in [0.3, 0.4) is 0 Å². The summed E-state index contributed by atoms with van der Waals surface area (Å²) in [6.45, 7) is 1.31. The lowest BCUT2D eigenvalue weighted by Gasteiger charge is -2.21. The highest BCUT2D eigenvalue weighted by Gasteiger charge is 2.18. The van der Waals surface area contributed by atoms with Crippen molar-refractivity contribution >= 4 is 23.5 Å². The summed E-state index contributed by atoms with van der Waals surface area (Å²) in [6.07, 6.45) is 0.153. The zero-order valence-corrected chi connectivity index (χ0v) is 15.6. The first-order valence-electron chi connectivity index (χ1n) is 8.74. The molecule has 0 spiro atoms. The van der Waals surface area contributed by atoms with Gasteiger partial charge in [-0.2, -0.15) is 5.26 Å². The van der Waals surface area contributed by atoms with E-state index in [1.54, 1.807) is 42.5 Å². The highest BCUT2D eigenvalue weighted by molar-refractivity contribution is 5.97. The molecule has 144 valence electrons. The number of carbonyl (C=O) groups is 3. The fraction of sp³-hybridized carbons (Fsp3) is 0.238. The first-order chi connectivity index (χ1) is 13.5. The Morgan fingerprint density at radius 1 is 1.07 bits per heavy atom. The van der Waals surface area contributed by atoms with Gasteiger partial charge in [-0.1, -0.05) is 35.9 Å². The molecule has 0 bridgehead atoms. The van der Waals surface area contributed by atoms with Crippen LogP contribution in [0.4, 0.5) is 5.69 Å². The molecule has 2 aromatic carbocycles. The molecule has 28 heavy (non-hydrogen) atoms. The zero-order valence-electron chi connectivity index (χ0n) is 15.6. The Hall–Kier alpha value is -3.66. The molecule has 0 aliphatic heterocycles. The average Bonchev–Trinajstić information content (AvgIpc) is 2.72. The molecule has 2 rings (SSSR count). The van der Waals surface area contributed by atoms with E-state index in [2.05, 4.69) is 5.32 Å². The van der Waals surface area contributed by atoms with Crippen molar-refractivity contribution in [3.05, 3.63) is 65.7 Å². The molecule has 0 heterocycles. The third kappa shape index (κ3) is 6.25. The van der Waals surface area contributed by atoms with Gasteiger partial charge in [-0.05, 0) is 31.2 Å². The summed E-state index contributed by atoms with van der Waals surface area (Å²) >= 11 is 0. The van der Waals surface area contributed by atoms with Crippen molar-refractivity contribution < 1.29 is 19.1 Å². The predicted octanol–water partition coefficient (Wildman–Crippen LogP) is 2.21. The average molecular weight is 379 g/mol. The molecule has 0 aliphatic rings. The highest BCUT2D eigenvalue weighted by atomic mass is 16.5. The monoisotopic (exact) mass is 379 g/mol. The van der Waals surface area contributed by atoms with E-state index in [9.17, 15) is 14.4 Å². The lowest BCUT2D eigenvalue weighted by Crippen LogP contribution is -2.37. The Kier molecular flexibility index (Phi) is 7.73. The molecule has 0 unspecified atom stereocenters. The summed E-state index contributed by atoms with van der Waals surface area (Å²) in [7, 11) is 0. The van der Waals surface area contributed by atoms with Crippen LogP contribution in [0.1, 0.15) is 22.3 Å². The zero-order chi connectivity index (χ0) is 20.4. The lowest BCUT2D eigenvalue weighted by atomic mass is 10.2. The Morgan fingerprint density at radius 2 is 1.75 bits per heavy atom. The van der Waals surface area contributed by atoms with Crippen LogP contribution < -0.4 is 10.2 Å². The fourth-order valence-corrected chi connectivity index (χ4v) is 2.40. The van der Waals surface area contributed by atoms with Crippen LogP contribution in [0.2, 0.25) is 0 Å². The number of aryl methyl sites for hydroxylation is 1. The standard InChI is InChI=1S/C21H21N3O4/c1-16-8-10-18(11-9-16)24(13-5-12-22)19(25)15-28-20(26)14-23-21(27)17-6-3-2-4-7-17/h2-4,6-11H,5,13-15H2,1H3,(H,23,27). The van der Waals surface area contributed by atoms with Crippen molar-refractivity contribution in [2.45, 2.75) is 13.3 Å². The summed E-state index contributed by atoms with van der Waals surface area (Å²) in [6, 6.07) is 17.7. The Morgan fingerprint density at radius 3 is 2.39 bits per heavy atom. The molecule has 1 N–H and O–H groups in total. The molecular weight excluding hydrogens is 358 g/mol. The minimum absolute atomic E-state index is 0.153. The number of amides is 2. The molecule has 0 saturated carbocycles. The minimum atomic E-state index is -0.721. The van der Waals surface area contributed by atoms with Gasteiger partial charge >= 0.3 is 5.97 Å². The first-order valence-corrected chi connectivity index (χ1v) is 8.74. The summed E-state index contributed by atoms with van der Waals surface area (Å²) in [5.41, 5.74) is 2.09. The highest BCUT2D eigenvalue weighted by Crippen LogP contribution is 2.16. The van der Waals surface area contributed by atoms with Crippen LogP contribution in [0.5, 0.6) is 0 Å². The van der Waals surface area contributed by atoms with E-state index in [1.165, 1.54) is 4.90 Å². The second-order valence-corrected chi connectivity index (χ2v) is 6.00. The predicted molar refractivity (Wildman–Crippen MR) is 103 cm³/mol. The van der Waals surface area contributed by atoms with Crippen molar-refractivity contribution in [2.75, 3.05) is 24.6 Å². The van der Waals surface area contributed by atoms with Gasteiger partial charge in [-0.3, -0.25) is 14.4 Å². The van der Waals surface area contributed by atoms with Crippen LogP contribution in [0, 0.1) is 18.3 Å². The summed E-state index contributed by atoms with van der Waals surface area (Å²) in [5.74, 6) is -1.57. The van der Waals surface area contributed by atoms with E-state index in [-0.39, 0.29) is 19.5 Å². The Balaban J connectivity index is 1.87. The Bertz CT molecular complexity index is 857. The number of benzene rings is 2. The van der Waals surface area contributed by atoms with Gasteiger partial charge in [0, 0.05) is 17.8 Å². The maximum absolute atomic E-state index is 12.5. The molecule has 7 nitrogen and oxygen atoms in total. The van der Waals surface area contributed by atoms with E-state index < -0.39 is 24.4 Å². The van der Waals surface area contributed by atoms with E-state index in [1.807, 2.05) is 25.1 Å². The van der Waals surface area contributed by atoms with Gasteiger partial charge in [0.25, 0.3) is 11.8 Å². The second kappa shape index (κ2) is 10.5. The number of hydrogen-bond donors (Lipinski definition) is 1. The summed E-state index contributed by atoms with van der Waals surface area (Å²) in [5, 5.41) is 11.3. The van der Waals surface area contributed by atoms with Crippen molar-refractivity contribution in [1.29, 1.82) is 5.26 Å². The van der Waals surface area contributed by atoms with E-state index in [0.29, 0.717) is 11.3 Å². The molecule has 0 radical (unpaired) electrons. The van der Waals surface area contributed by atoms with Gasteiger partial charge in [-0.15, -0.1) is 0 Å². The molecule has 0 atom stereocenters. The van der Waals surface area contributed by atoms with Crippen LogP contribution in [0.25, 0.3) is 0 Å². The van der Waals surface area contributed by atoms with Crippen LogP contribution >= 0.6 is 0 Å². The smallest absolute Gasteiger partial charge is 0.325 e. The van der Waals surface area contributed by atoms with E-state index >= 15 is 0 Å². The van der Waals surface area contributed by atoms with Gasteiger partial charge < -0.3 is 15.0 Å². The van der Waals surface area contributed by atoms with Crippen molar-refractivity contribution in [3.63, 3.8) is 0 Å². The van der Waals surface area contributed by atoms with Crippen molar-refractivity contribution in [3.8, 4) is 6.07 Å². The minimum Gasteiger partial charge on any atom is -0.454 e. The normalized spacial score (nSPS) is 9.86. The number of hydrogen-bond acceptors (Lipinski definition) is 5. The fourth-order valence-electron chi connectivity index (χ4n) is 2.40. The van der Waals surface area contributed by atoms with E-state index in [4.69, 9.17) is 10.00 Å². The van der Waals surface area contributed by atoms with Gasteiger partial charge in [0.15, 0.2) is 6.61 Å². The molecule has 2 amide bonds. The molecular formula is C21H21N3O4. The van der Waals surface area contributed by atoms with Gasteiger partial charge in [-0.25, -0.2) is 0 Å². The lowest BCUT2D eigenvalue weighted by molar-refractivity contribution is -0.146. The maximum atomic E-state index is 12.5. The number of carbonyl (C=O) groups excluding carboxylic acids is 3. The second-order valence-electron chi connectivity index (χ2n) is 6.00. The number of esters is 1. The molecule has 2 aromatic rings. The summed E-state index contributed by atoms with van der Waals surface area (Å²) in [4.78, 5) is 37.6. The quantitative estimate of drug-likeness (QED) is 0.709. The third-order valence-corrected chi connectivity index (χ3v) is 3.88. The number of nitrogens with one attached hydrogen (secondary N) is 1. The number of ether oxygens (including phenoxy) is 1. The SMILES string of the molecule is Cc1ccc(N(CCC#N)C(=O)COC(=O)CNC(=O)c2ccccc2)cc1. The van der Waals surface area contributed by atoms with Crippen LogP contribution in [-0.4, -0.2) is 37.5 Å². The number of rotatable bonds is 8. The van der Waals surface area contributed by atoms with E-state index in [0.717, 1.165) is 5.56 Å². The molecule has 0 aliphatic carbocycles. The van der Waals surface area contributed by atoms with Crippen LogP contribution in [-0.2, 0) is 14.3 Å².